The maximum atomic E-state index is 10.2. The minimum atomic E-state index is -0.428. The standard InChI is InChI=1S/C15H28BrNO/c1-14(18)6-5-10-17(11-9-14)13-15(12-16)7-3-2-4-8-15/h18H,2-13H2,1H3. The summed E-state index contributed by atoms with van der Waals surface area (Å²) in [4.78, 5) is 2.61. The first-order chi connectivity index (χ1) is 8.55. The fourth-order valence-electron chi connectivity index (χ4n) is 3.59. The second-order valence-electron chi connectivity index (χ2n) is 6.82. The van der Waals surface area contributed by atoms with Gasteiger partial charge < -0.3 is 10.0 Å². The van der Waals surface area contributed by atoms with E-state index in [1.54, 1.807) is 0 Å². The zero-order valence-electron chi connectivity index (χ0n) is 11.8. The number of rotatable bonds is 3. The average molecular weight is 318 g/mol. The van der Waals surface area contributed by atoms with Crippen molar-refractivity contribution in [3.63, 3.8) is 0 Å². The van der Waals surface area contributed by atoms with Crippen LogP contribution in [0.2, 0.25) is 0 Å². The molecule has 1 aliphatic carbocycles. The van der Waals surface area contributed by atoms with Crippen molar-refractivity contribution in [1.82, 2.24) is 4.90 Å². The predicted molar refractivity (Wildman–Crippen MR) is 80.2 cm³/mol. The molecule has 0 aromatic carbocycles. The minimum Gasteiger partial charge on any atom is -0.390 e. The van der Waals surface area contributed by atoms with Gasteiger partial charge in [0.25, 0.3) is 0 Å². The second kappa shape index (κ2) is 6.23. The maximum Gasteiger partial charge on any atom is 0.0632 e. The molecule has 2 nitrogen and oxygen atoms in total. The van der Waals surface area contributed by atoms with E-state index >= 15 is 0 Å². The molecule has 0 radical (unpaired) electrons. The van der Waals surface area contributed by atoms with E-state index in [9.17, 15) is 5.11 Å². The summed E-state index contributed by atoms with van der Waals surface area (Å²) < 4.78 is 0. The van der Waals surface area contributed by atoms with Crippen LogP contribution in [0.1, 0.15) is 58.3 Å². The number of alkyl halides is 1. The van der Waals surface area contributed by atoms with E-state index in [-0.39, 0.29) is 0 Å². The van der Waals surface area contributed by atoms with E-state index in [1.807, 2.05) is 6.92 Å². The van der Waals surface area contributed by atoms with Crippen LogP contribution in [0.4, 0.5) is 0 Å². The molecule has 1 saturated heterocycles. The van der Waals surface area contributed by atoms with Gasteiger partial charge in [-0.2, -0.15) is 0 Å². The summed E-state index contributed by atoms with van der Waals surface area (Å²) in [6.45, 7) is 5.47. The molecule has 18 heavy (non-hydrogen) atoms. The molecule has 106 valence electrons. The molecule has 1 saturated carbocycles. The Morgan fingerprint density at radius 3 is 2.39 bits per heavy atom. The van der Waals surface area contributed by atoms with Gasteiger partial charge in [-0.15, -0.1) is 0 Å². The van der Waals surface area contributed by atoms with Gasteiger partial charge in [-0.05, 0) is 51.0 Å². The van der Waals surface area contributed by atoms with Crippen LogP contribution in [0.3, 0.4) is 0 Å². The third kappa shape index (κ3) is 3.94. The summed E-state index contributed by atoms with van der Waals surface area (Å²) in [6.07, 6.45) is 10.0. The lowest BCUT2D eigenvalue weighted by molar-refractivity contribution is 0.0421. The average Bonchev–Trinajstić information content (AvgIpc) is 2.52. The van der Waals surface area contributed by atoms with Crippen molar-refractivity contribution in [2.75, 3.05) is 25.0 Å². The molecule has 1 atom stereocenters. The van der Waals surface area contributed by atoms with Crippen molar-refractivity contribution in [2.45, 2.75) is 63.9 Å². The van der Waals surface area contributed by atoms with E-state index in [0.29, 0.717) is 5.41 Å². The molecule has 1 aliphatic heterocycles. The number of aliphatic hydroxyl groups is 1. The number of hydrogen-bond donors (Lipinski definition) is 1. The van der Waals surface area contributed by atoms with Crippen molar-refractivity contribution in [1.29, 1.82) is 0 Å². The molecule has 2 fully saturated rings. The van der Waals surface area contributed by atoms with Gasteiger partial charge in [0.1, 0.15) is 0 Å². The summed E-state index contributed by atoms with van der Waals surface area (Å²) in [7, 11) is 0. The van der Waals surface area contributed by atoms with Crippen molar-refractivity contribution < 1.29 is 5.11 Å². The number of hydrogen-bond acceptors (Lipinski definition) is 2. The van der Waals surface area contributed by atoms with Crippen LogP contribution >= 0.6 is 15.9 Å². The Bertz CT molecular complexity index is 261. The number of halogens is 1. The highest BCUT2D eigenvalue weighted by Crippen LogP contribution is 2.39. The van der Waals surface area contributed by atoms with Gasteiger partial charge in [0.2, 0.25) is 0 Å². The lowest BCUT2D eigenvalue weighted by Gasteiger charge is -2.40. The molecule has 1 heterocycles. The SMILES string of the molecule is CC1(O)CCCN(CC2(CBr)CCCCC2)CC1. The molecule has 1 N–H and O–H groups in total. The Kier molecular flexibility index (Phi) is 5.13. The highest BCUT2D eigenvalue weighted by molar-refractivity contribution is 9.09. The van der Waals surface area contributed by atoms with Gasteiger partial charge in [0, 0.05) is 18.4 Å². The molecule has 3 heteroatoms. The van der Waals surface area contributed by atoms with Crippen molar-refractivity contribution >= 4 is 15.9 Å². The quantitative estimate of drug-likeness (QED) is 0.804. The van der Waals surface area contributed by atoms with Crippen LogP contribution in [0.25, 0.3) is 0 Å². The van der Waals surface area contributed by atoms with Crippen LogP contribution in [-0.2, 0) is 0 Å². The van der Waals surface area contributed by atoms with Gasteiger partial charge in [-0.25, -0.2) is 0 Å². The van der Waals surface area contributed by atoms with Crippen LogP contribution in [0.15, 0.2) is 0 Å². The summed E-state index contributed by atoms with van der Waals surface area (Å²) in [6, 6.07) is 0. The van der Waals surface area contributed by atoms with E-state index in [2.05, 4.69) is 20.8 Å². The number of likely N-dealkylation sites (tertiary alicyclic amines) is 1. The van der Waals surface area contributed by atoms with Crippen LogP contribution in [0, 0.1) is 5.41 Å². The van der Waals surface area contributed by atoms with Crippen molar-refractivity contribution in [2.24, 2.45) is 5.41 Å². The van der Waals surface area contributed by atoms with Crippen molar-refractivity contribution in [3.05, 3.63) is 0 Å². The van der Waals surface area contributed by atoms with Crippen molar-refractivity contribution in [3.8, 4) is 0 Å². The highest BCUT2D eigenvalue weighted by atomic mass is 79.9. The number of nitrogens with zero attached hydrogens (tertiary/aromatic N) is 1. The Morgan fingerprint density at radius 1 is 1.00 bits per heavy atom. The van der Waals surface area contributed by atoms with Crippen LogP contribution < -0.4 is 0 Å². The summed E-state index contributed by atoms with van der Waals surface area (Å²) >= 11 is 3.76. The molecule has 0 aromatic heterocycles. The first-order valence-corrected chi connectivity index (χ1v) is 8.68. The van der Waals surface area contributed by atoms with Gasteiger partial charge in [0.15, 0.2) is 0 Å². The van der Waals surface area contributed by atoms with Crippen LogP contribution in [0.5, 0.6) is 0 Å². The molecule has 0 aromatic rings. The Balaban J connectivity index is 1.91. The Labute approximate surface area is 120 Å². The van der Waals surface area contributed by atoms with Gasteiger partial charge in [0.05, 0.1) is 5.60 Å². The van der Waals surface area contributed by atoms with Gasteiger partial charge in [-0.1, -0.05) is 35.2 Å². The maximum absolute atomic E-state index is 10.2. The lowest BCUT2D eigenvalue weighted by Crippen LogP contribution is -2.41. The molecule has 2 rings (SSSR count). The molecule has 1 unspecified atom stereocenters. The molecule has 0 bridgehead atoms. The molecular formula is C15H28BrNO. The topological polar surface area (TPSA) is 23.5 Å². The normalized spacial score (nSPS) is 34.2. The Hall–Kier alpha value is 0.400. The predicted octanol–water partition coefficient (Wildman–Crippen LogP) is 3.57. The molecule has 0 spiro atoms. The van der Waals surface area contributed by atoms with Crippen LogP contribution in [-0.4, -0.2) is 40.6 Å². The molecule has 0 amide bonds. The smallest absolute Gasteiger partial charge is 0.0632 e. The van der Waals surface area contributed by atoms with E-state index < -0.39 is 5.60 Å². The van der Waals surface area contributed by atoms with E-state index in [4.69, 9.17) is 0 Å². The first kappa shape index (κ1) is 14.8. The lowest BCUT2D eigenvalue weighted by atomic mass is 9.75. The largest absolute Gasteiger partial charge is 0.390 e. The monoisotopic (exact) mass is 317 g/mol. The summed E-state index contributed by atoms with van der Waals surface area (Å²) in [5.41, 5.74) is 0.0807. The zero-order chi connectivity index (χ0) is 13.1. The first-order valence-electron chi connectivity index (χ1n) is 7.56. The summed E-state index contributed by atoms with van der Waals surface area (Å²) in [5.74, 6) is 0. The fourth-order valence-corrected chi connectivity index (χ4v) is 4.33. The fraction of sp³-hybridized carbons (Fsp3) is 1.00. The zero-order valence-corrected chi connectivity index (χ0v) is 13.3. The summed E-state index contributed by atoms with van der Waals surface area (Å²) in [5, 5.41) is 11.3. The van der Waals surface area contributed by atoms with E-state index in [1.165, 1.54) is 45.2 Å². The third-order valence-corrected chi connectivity index (χ3v) is 6.10. The van der Waals surface area contributed by atoms with E-state index in [0.717, 1.165) is 31.1 Å². The van der Waals surface area contributed by atoms with Gasteiger partial charge >= 0.3 is 0 Å². The minimum absolute atomic E-state index is 0.428. The Morgan fingerprint density at radius 2 is 1.72 bits per heavy atom. The molecule has 2 aliphatic rings. The highest BCUT2D eigenvalue weighted by Gasteiger charge is 2.34. The molecular weight excluding hydrogens is 290 g/mol. The third-order valence-electron chi connectivity index (χ3n) is 4.91. The van der Waals surface area contributed by atoms with Gasteiger partial charge in [-0.3, -0.25) is 0 Å². The second-order valence-corrected chi connectivity index (χ2v) is 7.38.